The van der Waals surface area contributed by atoms with Gasteiger partial charge in [-0.15, -0.1) is 0 Å². The predicted octanol–water partition coefficient (Wildman–Crippen LogP) is 11.7. The van der Waals surface area contributed by atoms with Crippen LogP contribution in [0.5, 0.6) is 0 Å². The van der Waals surface area contributed by atoms with Gasteiger partial charge in [0.1, 0.15) is 31.0 Å². The lowest BCUT2D eigenvalue weighted by Crippen LogP contribution is -2.59. The minimum absolute atomic E-state index is 0.182. The van der Waals surface area contributed by atoms with Crippen LogP contribution >= 0.6 is 0 Å². The lowest BCUT2D eigenvalue weighted by Gasteiger charge is -2.39. The fourth-order valence-electron chi connectivity index (χ4n) is 7.78. The number of carbonyl (C=O) groups is 2. The Labute approximate surface area is 373 Å². The first-order valence-electron chi connectivity index (χ1n) is 25.4. The zero-order chi connectivity index (χ0) is 44.4. The molecule has 0 saturated carbocycles. The smallest absolute Gasteiger partial charge is 0.306 e. The van der Waals surface area contributed by atoms with Gasteiger partial charge in [0.2, 0.25) is 0 Å². The average Bonchev–Trinajstić information content (AvgIpc) is 3.26. The Morgan fingerprint density at radius 3 is 1.33 bits per heavy atom. The van der Waals surface area contributed by atoms with Crippen molar-refractivity contribution in [3.63, 3.8) is 0 Å². The second-order valence-electron chi connectivity index (χ2n) is 17.6. The van der Waals surface area contributed by atoms with E-state index in [9.17, 15) is 30.0 Å². The highest BCUT2D eigenvalue weighted by molar-refractivity contribution is 5.70. The summed E-state index contributed by atoms with van der Waals surface area (Å²) in [4.78, 5) is 25.4. The number of allylic oxidation sites excluding steroid dienone is 4. The van der Waals surface area contributed by atoms with Gasteiger partial charge < -0.3 is 39.4 Å². The summed E-state index contributed by atoms with van der Waals surface area (Å²) >= 11 is 0. The second kappa shape index (κ2) is 42.1. The zero-order valence-electron chi connectivity index (χ0n) is 39.2. The van der Waals surface area contributed by atoms with Crippen molar-refractivity contribution in [2.75, 3.05) is 19.8 Å². The standard InChI is InChI=1S/C51H94O10/c1-3-5-7-9-11-13-15-17-18-19-20-21-22-23-24-25-26-28-30-32-34-36-38-40-47(54)60-44(43-59-51-50(57)49(56)48(55)45(41-52)61-51)42-58-46(53)39-37-35-33-31-29-27-16-14-12-10-8-6-4-2/h27,29,32,34,44-45,48-52,55-57H,3-26,28,30-31,33,35-43H2,1-2H3/b29-27+,34-32+/t44-,45-,48+,49?,50?,51-/m1/s1. The Hall–Kier alpha value is -1.82. The van der Waals surface area contributed by atoms with Crippen molar-refractivity contribution < 1.29 is 49.0 Å². The minimum atomic E-state index is -1.60. The van der Waals surface area contributed by atoms with Crippen LogP contribution < -0.4 is 0 Å². The second-order valence-corrected chi connectivity index (χ2v) is 17.6. The number of unbranched alkanes of at least 4 members (excludes halogenated alkanes) is 28. The number of rotatable bonds is 43. The molecule has 4 N–H and O–H groups in total. The molecule has 10 heteroatoms. The van der Waals surface area contributed by atoms with Gasteiger partial charge in [0.25, 0.3) is 0 Å². The van der Waals surface area contributed by atoms with Gasteiger partial charge in [-0.2, -0.15) is 0 Å². The van der Waals surface area contributed by atoms with Gasteiger partial charge in [0, 0.05) is 12.8 Å². The number of esters is 2. The van der Waals surface area contributed by atoms with E-state index in [4.69, 9.17) is 18.9 Å². The van der Waals surface area contributed by atoms with Crippen molar-refractivity contribution in [1.29, 1.82) is 0 Å². The summed E-state index contributed by atoms with van der Waals surface area (Å²) in [6, 6.07) is 0. The maximum Gasteiger partial charge on any atom is 0.306 e. The van der Waals surface area contributed by atoms with Gasteiger partial charge in [-0.1, -0.05) is 186 Å². The van der Waals surface area contributed by atoms with Crippen LogP contribution in [0.1, 0.15) is 232 Å². The molecular weight excluding hydrogens is 773 g/mol. The first kappa shape index (κ1) is 57.2. The first-order valence-corrected chi connectivity index (χ1v) is 25.4. The van der Waals surface area contributed by atoms with E-state index < -0.39 is 55.4 Å². The van der Waals surface area contributed by atoms with Crippen LogP contribution in [-0.2, 0) is 28.5 Å². The highest BCUT2D eigenvalue weighted by Crippen LogP contribution is 2.23. The monoisotopic (exact) mass is 867 g/mol. The summed E-state index contributed by atoms with van der Waals surface area (Å²) < 4.78 is 22.2. The summed E-state index contributed by atoms with van der Waals surface area (Å²) in [6.45, 7) is 3.40. The molecule has 0 aromatic heterocycles. The molecule has 0 aromatic rings. The van der Waals surface area contributed by atoms with E-state index in [0.29, 0.717) is 12.8 Å². The summed E-state index contributed by atoms with van der Waals surface area (Å²) in [5.41, 5.74) is 0. The molecule has 1 aliphatic rings. The minimum Gasteiger partial charge on any atom is -0.462 e. The number of hydrogen-bond acceptors (Lipinski definition) is 10. The molecule has 2 unspecified atom stereocenters. The van der Waals surface area contributed by atoms with Crippen LogP contribution in [0, 0.1) is 0 Å². The van der Waals surface area contributed by atoms with Crippen molar-refractivity contribution in [3.8, 4) is 0 Å². The Morgan fingerprint density at radius 1 is 0.492 bits per heavy atom. The van der Waals surface area contributed by atoms with Gasteiger partial charge in [0.05, 0.1) is 13.2 Å². The fraction of sp³-hybridized carbons (Fsp3) is 0.882. The topological polar surface area (TPSA) is 152 Å². The molecule has 0 bridgehead atoms. The normalized spacial score (nSPS) is 19.9. The van der Waals surface area contributed by atoms with Crippen LogP contribution in [0.15, 0.2) is 24.3 Å². The largest absolute Gasteiger partial charge is 0.462 e. The molecule has 10 nitrogen and oxygen atoms in total. The number of aliphatic hydroxyl groups is 4. The maximum atomic E-state index is 12.8. The van der Waals surface area contributed by atoms with Crippen LogP contribution in [0.4, 0.5) is 0 Å². The number of ether oxygens (including phenoxy) is 4. The number of hydrogen-bond donors (Lipinski definition) is 4. The van der Waals surface area contributed by atoms with Gasteiger partial charge in [0.15, 0.2) is 12.4 Å². The third-order valence-corrected chi connectivity index (χ3v) is 11.8. The van der Waals surface area contributed by atoms with Crippen LogP contribution in [0.2, 0.25) is 0 Å². The van der Waals surface area contributed by atoms with Crippen LogP contribution in [0.3, 0.4) is 0 Å². The van der Waals surface area contributed by atoms with E-state index in [1.165, 1.54) is 154 Å². The van der Waals surface area contributed by atoms with Gasteiger partial charge in [-0.05, 0) is 57.8 Å². The molecule has 1 aliphatic heterocycles. The van der Waals surface area contributed by atoms with E-state index in [0.717, 1.165) is 38.5 Å². The predicted molar refractivity (Wildman–Crippen MR) is 247 cm³/mol. The third-order valence-electron chi connectivity index (χ3n) is 11.8. The summed E-state index contributed by atoms with van der Waals surface area (Å²) in [5.74, 6) is -0.854. The van der Waals surface area contributed by atoms with Crippen molar-refractivity contribution >= 4 is 11.9 Å². The van der Waals surface area contributed by atoms with E-state index in [1.54, 1.807) is 0 Å². The Morgan fingerprint density at radius 2 is 0.885 bits per heavy atom. The molecule has 1 fully saturated rings. The molecule has 1 heterocycles. The highest BCUT2D eigenvalue weighted by Gasteiger charge is 2.44. The van der Waals surface area contributed by atoms with E-state index in [-0.39, 0.29) is 26.1 Å². The zero-order valence-corrected chi connectivity index (χ0v) is 39.2. The van der Waals surface area contributed by atoms with Gasteiger partial charge in [-0.3, -0.25) is 9.59 Å². The summed E-state index contributed by atoms with van der Waals surface area (Å²) in [7, 11) is 0. The first-order chi connectivity index (χ1) is 29.8. The molecule has 0 radical (unpaired) electrons. The quantitative estimate of drug-likeness (QED) is 0.0265. The molecule has 358 valence electrons. The summed E-state index contributed by atoms with van der Waals surface area (Å²) in [6.07, 6.45) is 40.6. The summed E-state index contributed by atoms with van der Waals surface area (Å²) in [5, 5.41) is 40.1. The lowest BCUT2D eigenvalue weighted by atomic mass is 9.99. The van der Waals surface area contributed by atoms with Crippen LogP contribution in [0.25, 0.3) is 0 Å². The Kier molecular flexibility index (Phi) is 39.5. The Balaban J connectivity index is 2.26. The van der Waals surface area contributed by atoms with Crippen molar-refractivity contribution in [3.05, 3.63) is 24.3 Å². The number of carbonyl (C=O) groups excluding carboxylic acids is 2. The molecule has 6 atom stereocenters. The molecule has 1 rings (SSSR count). The Bertz CT molecular complexity index is 1050. The van der Waals surface area contributed by atoms with E-state index in [2.05, 4.69) is 38.2 Å². The fourth-order valence-corrected chi connectivity index (χ4v) is 7.78. The molecule has 0 aliphatic carbocycles. The molecular formula is C51H94O10. The molecule has 0 aromatic carbocycles. The van der Waals surface area contributed by atoms with E-state index >= 15 is 0 Å². The molecule has 0 spiro atoms. The average molecular weight is 867 g/mol. The molecule has 61 heavy (non-hydrogen) atoms. The van der Waals surface area contributed by atoms with Crippen molar-refractivity contribution in [1.82, 2.24) is 0 Å². The number of aliphatic hydroxyl groups excluding tert-OH is 4. The molecule has 1 saturated heterocycles. The van der Waals surface area contributed by atoms with E-state index in [1.807, 2.05) is 0 Å². The van der Waals surface area contributed by atoms with Crippen molar-refractivity contribution in [2.24, 2.45) is 0 Å². The maximum absolute atomic E-state index is 12.8. The van der Waals surface area contributed by atoms with Gasteiger partial charge >= 0.3 is 11.9 Å². The lowest BCUT2D eigenvalue weighted by molar-refractivity contribution is -0.305. The van der Waals surface area contributed by atoms with Crippen LogP contribution in [-0.4, -0.2) is 89.0 Å². The highest BCUT2D eigenvalue weighted by atomic mass is 16.7. The van der Waals surface area contributed by atoms with Gasteiger partial charge in [-0.25, -0.2) is 0 Å². The molecule has 0 amide bonds. The third kappa shape index (κ3) is 33.4. The van der Waals surface area contributed by atoms with Crippen molar-refractivity contribution in [2.45, 2.75) is 269 Å². The SMILES string of the molecule is CCCCCCCC/C=C/CCCCCC(=O)OC[C@H](CO[C@@H]1O[C@H](CO)[C@H](O)C(O)C1O)OC(=O)CCC/C=C/CCCCCCCCCCCCCCCCCCCC.